The Labute approximate surface area is 217 Å². The van der Waals surface area contributed by atoms with Crippen LogP contribution in [0.3, 0.4) is 0 Å². The molecular weight excluding hydrogens is 476 g/mol. The maximum Gasteiger partial charge on any atom is 0.264 e. The molecule has 0 radical (unpaired) electrons. The van der Waals surface area contributed by atoms with E-state index in [0.29, 0.717) is 55.7 Å². The molecule has 5 rings (SSSR count). The average molecular weight is 514 g/mol. The second-order valence-electron chi connectivity index (χ2n) is 10.5. The van der Waals surface area contributed by atoms with Gasteiger partial charge in [-0.25, -0.2) is 8.78 Å². The summed E-state index contributed by atoms with van der Waals surface area (Å²) < 4.78 is 28.6. The molecule has 10 heteroatoms. The summed E-state index contributed by atoms with van der Waals surface area (Å²) in [6, 6.07) is 3.84. The molecule has 0 saturated carbocycles. The van der Waals surface area contributed by atoms with Gasteiger partial charge in [-0.1, -0.05) is 6.07 Å². The Balaban J connectivity index is 1.49. The Bertz CT molecular complexity index is 1110. The number of hydrazone groups is 1. The molecule has 4 aliphatic rings. The minimum absolute atomic E-state index is 0.0150. The van der Waals surface area contributed by atoms with E-state index in [9.17, 15) is 19.0 Å². The number of halogens is 2. The number of amidine groups is 1. The van der Waals surface area contributed by atoms with Crippen LogP contribution >= 0.6 is 0 Å². The smallest absolute Gasteiger partial charge is 0.264 e. The number of hydrogen-bond donors (Lipinski definition) is 3. The lowest BCUT2D eigenvalue weighted by Crippen LogP contribution is -2.47. The summed E-state index contributed by atoms with van der Waals surface area (Å²) in [6.07, 6.45) is 3.43. The molecule has 3 N–H and O–H groups in total. The van der Waals surface area contributed by atoms with Gasteiger partial charge in [0.1, 0.15) is 5.84 Å². The molecule has 1 aromatic carbocycles. The fourth-order valence-electron chi connectivity index (χ4n) is 5.95. The molecule has 37 heavy (non-hydrogen) atoms. The summed E-state index contributed by atoms with van der Waals surface area (Å²) in [5, 5.41) is 22.4. The summed E-state index contributed by atoms with van der Waals surface area (Å²) in [4.78, 5) is 15.9. The number of piperidine rings is 1. The van der Waals surface area contributed by atoms with Gasteiger partial charge >= 0.3 is 0 Å². The number of nitrogens with zero attached hydrogens (tertiary/aromatic N) is 4. The summed E-state index contributed by atoms with van der Waals surface area (Å²) >= 11 is 0. The second-order valence-corrected chi connectivity index (χ2v) is 10.5. The predicted molar refractivity (Wildman–Crippen MR) is 142 cm³/mol. The number of likely N-dealkylation sites (N-methyl/N-ethyl adjacent to an activating group) is 1. The third kappa shape index (κ3) is 5.35. The van der Waals surface area contributed by atoms with Crippen LogP contribution in [0.1, 0.15) is 61.6 Å². The number of carbonyl (C=O) groups excluding carboxylic acids is 1. The van der Waals surface area contributed by atoms with E-state index >= 15 is 0 Å². The van der Waals surface area contributed by atoms with E-state index in [1.54, 1.807) is 29.1 Å². The van der Waals surface area contributed by atoms with Crippen LogP contribution in [0.15, 0.2) is 28.5 Å². The largest absolute Gasteiger partial charge is 0.385 e. The van der Waals surface area contributed by atoms with Gasteiger partial charge in [0.25, 0.3) is 6.43 Å². The van der Waals surface area contributed by atoms with E-state index in [1.807, 2.05) is 18.0 Å². The lowest BCUT2D eigenvalue weighted by Gasteiger charge is -2.38. The van der Waals surface area contributed by atoms with E-state index in [2.05, 4.69) is 15.7 Å². The standard InChI is InChI=1S/C27H37F2N7O/c1-17(37)35-11-7-24(33-20-5-8-31-9-6-20)23(16-35)27(30)36-10-3-4-18-12-21(19-14-32-34(2)15-19)22(26(28)29)13-25(18)36/h12-14,19-20,26,30-31,33H,3-11,15-16H2,1-2H3. The van der Waals surface area contributed by atoms with Crippen LogP contribution in [-0.2, 0) is 11.2 Å². The maximum atomic E-state index is 14.3. The number of carbonyl (C=O) groups is 1. The molecule has 1 aromatic rings. The topological polar surface area (TPSA) is 87.1 Å². The zero-order chi connectivity index (χ0) is 26.1. The van der Waals surface area contributed by atoms with Crippen LogP contribution in [0.25, 0.3) is 0 Å². The number of nitrogens with one attached hydrogen (secondary N) is 3. The maximum absolute atomic E-state index is 14.3. The third-order valence-corrected chi connectivity index (χ3v) is 8.01. The van der Waals surface area contributed by atoms with Crippen molar-refractivity contribution in [2.24, 2.45) is 5.10 Å². The highest BCUT2D eigenvalue weighted by Crippen LogP contribution is 2.39. The molecule has 1 amide bonds. The first-order valence-corrected chi connectivity index (χ1v) is 13.3. The number of benzene rings is 1. The molecule has 1 fully saturated rings. The first-order valence-electron chi connectivity index (χ1n) is 13.3. The predicted octanol–water partition coefficient (Wildman–Crippen LogP) is 3.22. The molecule has 4 aliphatic heterocycles. The first-order chi connectivity index (χ1) is 17.8. The van der Waals surface area contributed by atoms with E-state index in [1.165, 1.54) is 0 Å². The van der Waals surface area contributed by atoms with Gasteiger partial charge in [0.2, 0.25) is 5.91 Å². The number of fused-ring (bicyclic) bond motifs is 1. The molecule has 4 heterocycles. The van der Waals surface area contributed by atoms with Crippen LogP contribution in [0.4, 0.5) is 14.5 Å². The van der Waals surface area contributed by atoms with Crippen molar-refractivity contribution in [3.8, 4) is 0 Å². The zero-order valence-corrected chi connectivity index (χ0v) is 21.7. The average Bonchev–Trinajstić information content (AvgIpc) is 3.34. The second kappa shape index (κ2) is 10.8. The number of amides is 1. The number of hydrogen-bond acceptors (Lipinski definition) is 6. The van der Waals surface area contributed by atoms with Gasteiger partial charge in [0.05, 0.1) is 6.54 Å². The van der Waals surface area contributed by atoms with Gasteiger partial charge < -0.3 is 20.4 Å². The number of aryl methyl sites for hydroxylation is 1. The molecular formula is C27H37F2N7O. The Morgan fingerprint density at radius 1 is 1.22 bits per heavy atom. The van der Waals surface area contributed by atoms with Crippen molar-refractivity contribution in [2.75, 3.05) is 51.2 Å². The minimum Gasteiger partial charge on any atom is -0.385 e. The van der Waals surface area contributed by atoms with Crippen molar-refractivity contribution in [2.45, 2.75) is 57.4 Å². The number of rotatable bonds is 5. The SMILES string of the molecule is CC(=O)N1CCC(NC2CCNCC2)=C(C(=N)N2CCCc3cc(C4C=NN(C)C4)c(C(F)F)cc32)C1. The Morgan fingerprint density at radius 3 is 2.68 bits per heavy atom. The summed E-state index contributed by atoms with van der Waals surface area (Å²) in [6.45, 7) is 5.62. The van der Waals surface area contributed by atoms with Gasteiger partial charge in [0.15, 0.2) is 0 Å². The monoisotopic (exact) mass is 513 g/mol. The summed E-state index contributed by atoms with van der Waals surface area (Å²) in [5.74, 6) is 0.122. The van der Waals surface area contributed by atoms with E-state index < -0.39 is 6.43 Å². The van der Waals surface area contributed by atoms with Gasteiger partial charge in [-0.05, 0) is 56.0 Å². The summed E-state index contributed by atoms with van der Waals surface area (Å²) in [7, 11) is 1.84. The van der Waals surface area contributed by atoms with Crippen molar-refractivity contribution in [3.63, 3.8) is 0 Å². The highest BCUT2D eigenvalue weighted by atomic mass is 19.3. The van der Waals surface area contributed by atoms with Gasteiger partial charge in [-0.2, -0.15) is 5.10 Å². The molecule has 0 aliphatic carbocycles. The van der Waals surface area contributed by atoms with Crippen LogP contribution in [0, 0.1) is 5.41 Å². The molecule has 1 saturated heterocycles. The highest BCUT2D eigenvalue weighted by molar-refractivity contribution is 6.09. The van der Waals surface area contributed by atoms with Crippen LogP contribution < -0.4 is 15.5 Å². The highest BCUT2D eigenvalue weighted by Gasteiger charge is 2.32. The molecule has 1 atom stereocenters. The fraction of sp³-hybridized carbons (Fsp3) is 0.593. The van der Waals surface area contributed by atoms with Crippen LogP contribution in [0.2, 0.25) is 0 Å². The van der Waals surface area contributed by atoms with Crippen molar-refractivity contribution >= 4 is 23.6 Å². The minimum atomic E-state index is -2.61. The van der Waals surface area contributed by atoms with Crippen LogP contribution in [0.5, 0.6) is 0 Å². The first kappa shape index (κ1) is 25.6. The Morgan fingerprint density at radius 2 is 2.00 bits per heavy atom. The Kier molecular flexibility index (Phi) is 7.46. The van der Waals surface area contributed by atoms with Crippen molar-refractivity contribution < 1.29 is 13.6 Å². The van der Waals surface area contributed by atoms with Crippen molar-refractivity contribution in [1.29, 1.82) is 5.41 Å². The molecule has 8 nitrogen and oxygen atoms in total. The van der Waals surface area contributed by atoms with E-state index in [4.69, 9.17) is 0 Å². The Hall–Kier alpha value is -3.01. The van der Waals surface area contributed by atoms with Crippen molar-refractivity contribution in [1.82, 2.24) is 20.5 Å². The molecule has 0 bridgehead atoms. The lowest BCUT2D eigenvalue weighted by molar-refractivity contribution is -0.128. The zero-order valence-electron chi connectivity index (χ0n) is 21.7. The summed E-state index contributed by atoms with van der Waals surface area (Å²) in [5.41, 5.74) is 4.13. The van der Waals surface area contributed by atoms with E-state index in [-0.39, 0.29) is 17.4 Å². The van der Waals surface area contributed by atoms with Crippen molar-refractivity contribution in [3.05, 3.63) is 40.1 Å². The quantitative estimate of drug-likeness (QED) is 0.416. The normalized spacial score (nSPS) is 22.6. The van der Waals surface area contributed by atoms with Gasteiger partial charge in [-0.15, -0.1) is 0 Å². The molecule has 1 unspecified atom stereocenters. The van der Waals surface area contributed by atoms with Gasteiger partial charge in [0, 0.05) is 80.7 Å². The number of anilines is 1. The van der Waals surface area contributed by atoms with E-state index in [0.717, 1.165) is 55.6 Å². The lowest BCUT2D eigenvalue weighted by atomic mass is 9.89. The van der Waals surface area contributed by atoms with Gasteiger partial charge in [-0.3, -0.25) is 15.2 Å². The molecule has 0 spiro atoms. The third-order valence-electron chi connectivity index (χ3n) is 8.01. The fourth-order valence-corrected chi connectivity index (χ4v) is 5.95. The van der Waals surface area contributed by atoms with Crippen LogP contribution in [-0.4, -0.2) is 80.2 Å². The number of alkyl halides is 2. The molecule has 200 valence electrons. The molecule has 0 aromatic heterocycles.